The first-order valence-electron chi connectivity index (χ1n) is 9.54. The number of amides is 1. The molecule has 2 aromatic carbocycles. The van der Waals surface area contributed by atoms with E-state index < -0.39 is 10.8 Å². The zero-order chi connectivity index (χ0) is 24.2. The third-order valence-corrected chi connectivity index (χ3v) is 5.50. The van der Waals surface area contributed by atoms with Gasteiger partial charge in [-0.05, 0) is 24.3 Å². The summed E-state index contributed by atoms with van der Waals surface area (Å²) in [5.74, 6) is -0.209. The molecule has 0 aliphatic carbocycles. The molecule has 4 rings (SSSR count). The Morgan fingerprint density at radius 1 is 1.06 bits per heavy atom. The van der Waals surface area contributed by atoms with Gasteiger partial charge >= 0.3 is 0 Å². The van der Waals surface area contributed by atoms with Gasteiger partial charge in [-0.15, -0.1) is 5.10 Å². The first kappa shape index (κ1) is 23.5. The van der Waals surface area contributed by atoms with E-state index in [0.717, 1.165) is 0 Å². The second-order valence-corrected chi connectivity index (χ2v) is 8.03. The van der Waals surface area contributed by atoms with Gasteiger partial charge < -0.3 is 4.74 Å². The first-order valence-corrected chi connectivity index (χ1v) is 10.7. The van der Waals surface area contributed by atoms with Gasteiger partial charge in [0.05, 0.1) is 16.5 Å². The van der Waals surface area contributed by atoms with Crippen molar-refractivity contribution in [3.8, 4) is 5.75 Å². The molecule has 2 aromatic heterocycles. The fourth-order valence-corrected chi connectivity index (χ4v) is 3.60. The van der Waals surface area contributed by atoms with E-state index >= 15 is 0 Å². The average Bonchev–Trinajstić information content (AvgIpc) is 3.45. The Balaban J connectivity index is 1.35. The number of halogens is 3. The highest BCUT2D eigenvalue weighted by Gasteiger charge is 2.15. The Morgan fingerprint density at radius 3 is 2.53 bits per heavy atom. The molecule has 4 aromatic rings. The molecule has 0 saturated carbocycles. The molecule has 14 heteroatoms. The number of hydrogen-bond acceptors (Lipinski definition) is 7. The van der Waals surface area contributed by atoms with Crippen molar-refractivity contribution in [1.29, 1.82) is 0 Å². The Morgan fingerprint density at radius 2 is 1.82 bits per heavy atom. The van der Waals surface area contributed by atoms with E-state index in [1.807, 2.05) is 0 Å². The van der Waals surface area contributed by atoms with Crippen molar-refractivity contribution < 1.29 is 14.5 Å². The molecule has 0 radical (unpaired) electrons. The number of carbonyl (C=O) groups is 1. The summed E-state index contributed by atoms with van der Waals surface area (Å²) in [7, 11) is 0. The molecule has 34 heavy (non-hydrogen) atoms. The number of rotatable bonds is 8. The molecule has 0 saturated heterocycles. The van der Waals surface area contributed by atoms with Crippen LogP contribution < -0.4 is 10.1 Å². The summed E-state index contributed by atoms with van der Waals surface area (Å²) in [6.07, 6.45) is 2.97. The van der Waals surface area contributed by atoms with Gasteiger partial charge in [-0.2, -0.15) is 5.10 Å². The molecule has 0 aliphatic rings. The Labute approximate surface area is 207 Å². The van der Waals surface area contributed by atoms with Crippen LogP contribution in [-0.2, 0) is 13.3 Å². The predicted molar refractivity (Wildman–Crippen MR) is 125 cm³/mol. The van der Waals surface area contributed by atoms with Crippen molar-refractivity contribution >= 4 is 52.3 Å². The molecule has 0 bridgehead atoms. The van der Waals surface area contributed by atoms with Crippen LogP contribution in [0.5, 0.6) is 5.75 Å². The van der Waals surface area contributed by atoms with Crippen LogP contribution in [0.4, 0.5) is 11.6 Å². The molecule has 1 amide bonds. The van der Waals surface area contributed by atoms with Crippen LogP contribution in [0.3, 0.4) is 0 Å². The molecule has 0 unspecified atom stereocenters. The van der Waals surface area contributed by atoms with Crippen LogP contribution in [0, 0.1) is 10.1 Å². The van der Waals surface area contributed by atoms with Crippen molar-refractivity contribution in [2.75, 3.05) is 5.32 Å². The molecule has 0 atom stereocenters. The standard InChI is InChI=1S/C20H14Cl3N7O4/c21-14-2-1-3-15(22)13(14)9-29-10-24-20(27-29)25-19(31)17-6-7-28(26-17)11-34-18-5-4-12(30(32)33)8-16(18)23/h1-8,10H,9,11H2,(H,25,27,31). The lowest BCUT2D eigenvalue weighted by molar-refractivity contribution is -0.384. The van der Waals surface area contributed by atoms with Gasteiger partial charge in [-0.25, -0.2) is 14.3 Å². The Bertz CT molecular complexity index is 1350. The lowest BCUT2D eigenvalue weighted by atomic mass is 10.2. The SMILES string of the molecule is O=C(Nc1ncn(Cc2c(Cl)cccc2Cl)n1)c1ccn(COc2ccc([N+](=O)[O-])cc2Cl)n1. The number of anilines is 1. The van der Waals surface area contributed by atoms with Gasteiger partial charge in [0.2, 0.25) is 5.95 Å². The third-order valence-electron chi connectivity index (χ3n) is 4.50. The second kappa shape index (κ2) is 10.1. The van der Waals surface area contributed by atoms with E-state index in [-0.39, 0.29) is 41.4 Å². The molecule has 0 fully saturated rings. The molecular weight excluding hydrogens is 509 g/mol. The predicted octanol–water partition coefficient (Wildman–Crippen LogP) is 4.68. The number of nitrogens with zero attached hydrogens (tertiary/aromatic N) is 6. The van der Waals surface area contributed by atoms with Crippen LogP contribution in [-0.4, -0.2) is 35.4 Å². The van der Waals surface area contributed by atoms with Crippen LogP contribution in [0.25, 0.3) is 0 Å². The average molecular weight is 523 g/mol. The summed E-state index contributed by atoms with van der Waals surface area (Å²) in [6.45, 7) is 0.203. The second-order valence-electron chi connectivity index (χ2n) is 6.81. The van der Waals surface area contributed by atoms with Crippen molar-refractivity contribution in [2.45, 2.75) is 13.3 Å². The number of benzene rings is 2. The van der Waals surface area contributed by atoms with E-state index in [0.29, 0.717) is 15.6 Å². The smallest absolute Gasteiger partial charge is 0.278 e. The molecule has 0 aliphatic heterocycles. The zero-order valence-corrected chi connectivity index (χ0v) is 19.3. The topological polar surface area (TPSA) is 130 Å². The molecule has 0 spiro atoms. The fraction of sp³-hybridized carbons (Fsp3) is 0.100. The number of aromatic nitrogens is 5. The van der Waals surface area contributed by atoms with Gasteiger partial charge in [0.1, 0.15) is 12.1 Å². The van der Waals surface area contributed by atoms with Gasteiger partial charge in [0.25, 0.3) is 11.6 Å². The minimum absolute atomic E-state index is 0.0731. The summed E-state index contributed by atoms with van der Waals surface area (Å²) < 4.78 is 8.36. The number of ether oxygens (including phenoxy) is 1. The summed E-state index contributed by atoms with van der Waals surface area (Å²) in [4.78, 5) is 26.8. The number of carbonyl (C=O) groups excluding carboxylic acids is 1. The molecule has 1 N–H and O–H groups in total. The highest BCUT2D eigenvalue weighted by atomic mass is 35.5. The maximum atomic E-state index is 12.5. The lowest BCUT2D eigenvalue weighted by Crippen LogP contribution is -2.15. The van der Waals surface area contributed by atoms with Gasteiger partial charge in [-0.3, -0.25) is 20.2 Å². The minimum Gasteiger partial charge on any atom is -0.470 e. The quantitative estimate of drug-likeness (QED) is 0.263. The Hall–Kier alpha value is -3.67. The summed E-state index contributed by atoms with van der Waals surface area (Å²) in [6, 6.07) is 10.5. The van der Waals surface area contributed by atoms with Crippen LogP contribution in [0.15, 0.2) is 55.0 Å². The van der Waals surface area contributed by atoms with E-state index in [1.165, 1.54) is 46.2 Å². The number of nitro benzene ring substituents is 1. The van der Waals surface area contributed by atoms with E-state index in [9.17, 15) is 14.9 Å². The third kappa shape index (κ3) is 5.45. The highest BCUT2D eigenvalue weighted by Crippen LogP contribution is 2.29. The van der Waals surface area contributed by atoms with Gasteiger partial charge in [0, 0.05) is 33.9 Å². The van der Waals surface area contributed by atoms with Gasteiger partial charge in [-0.1, -0.05) is 40.9 Å². The number of nitro groups is 1. The van der Waals surface area contributed by atoms with E-state index in [1.54, 1.807) is 18.2 Å². The maximum Gasteiger partial charge on any atom is 0.278 e. The number of nitrogens with one attached hydrogen (secondary N) is 1. The Kier molecular flexibility index (Phi) is 6.96. The number of non-ortho nitro benzene ring substituents is 1. The lowest BCUT2D eigenvalue weighted by Gasteiger charge is -2.07. The van der Waals surface area contributed by atoms with Crippen molar-refractivity contribution in [2.24, 2.45) is 0 Å². The zero-order valence-electron chi connectivity index (χ0n) is 17.1. The van der Waals surface area contributed by atoms with Crippen molar-refractivity contribution in [3.63, 3.8) is 0 Å². The largest absolute Gasteiger partial charge is 0.470 e. The fourth-order valence-electron chi connectivity index (χ4n) is 2.85. The van der Waals surface area contributed by atoms with E-state index in [2.05, 4.69) is 20.5 Å². The van der Waals surface area contributed by atoms with Crippen molar-refractivity contribution in [3.05, 3.63) is 91.4 Å². The number of hydrogen-bond donors (Lipinski definition) is 1. The van der Waals surface area contributed by atoms with Crippen LogP contribution in [0.2, 0.25) is 15.1 Å². The molecular formula is C20H14Cl3N7O4. The molecule has 11 nitrogen and oxygen atoms in total. The summed E-state index contributed by atoms with van der Waals surface area (Å²) >= 11 is 18.4. The normalized spacial score (nSPS) is 10.8. The van der Waals surface area contributed by atoms with E-state index in [4.69, 9.17) is 39.5 Å². The minimum atomic E-state index is -0.558. The van der Waals surface area contributed by atoms with Crippen LogP contribution >= 0.6 is 34.8 Å². The van der Waals surface area contributed by atoms with Crippen molar-refractivity contribution in [1.82, 2.24) is 24.5 Å². The first-order chi connectivity index (χ1) is 16.3. The summed E-state index contributed by atoms with van der Waals surface area (Å²) in [5.41, 5.74) is 0.630. The highest BCUT2D eigenvalue weighted by molar-refractivity contribution is 6.36. The van der Waals surface area contributed by atoms with Crippen LogP contribution in [0.1, 0.15) is 16.1 Å². The maximum absolute atomic E-state index is 12.5. The molecule has 2 heterocycles. The summed E-state index contributed by atoms with van der Waals surface area (Å²) in [5, 5.41) is 22.7. The monoisotopic (exact) mass is 521 g/mol. The van der Waals surface area contributed by atoms with Gasteiger partial charge in [0.15, 0.2) is 12.4 Å². The molecule has 174 valence electrons.